The molecule has 2 N–H and O–H groups in total. The van der Waals surface area contributed by atoms with Crippen LogP contribution in [0.3, 0.4) is 0 Å². The summed E-state index contributed by atoms with van der Waals surface area (Å²) in [5, 5.41) is 8.74. The summed E-state index contributed by atoms with van der Waals surface area (Å²) in [5.74, 6) is -0.602. The van der Waals surface area contributed by atoms with E-state index in [1.807, 2.05) is 0 Å². The average molecular weight is 350 g/mol. The number of amides is 2. The molecule has 7 nitrogen and oxygen atoms in total. The van der Waals surface area contributed by atoms with Gasteiger partial charge in [-0.2, -0.15) is 11.3 Å². The summed E-state index contributed by atoms with van der Waals surface area (Å²) in [6, 6.07) is 5.15. The smallest absolute Gasteiger partial charge is 0.308 e. The molecule has 0 aliphatic carbocycles. The van der Waals surface area contributed by atoms with Gasteiger partial charge in [-0.15, -0.1) is 0 Å². The predicted octanol–water partition coefficient (Wildman–Crippen LogP) is 1.71. The lowest BCUT2D eigenvalue weighted by molar-refractivity contribution is -0.154. The Hall–Kier alpha value is -2.61. The number of nitrogens with one attached hydrogen (secondary N) is 2. The molecule has 0 radical (unpaired) electrons. The Bertz CT molecular complexity index is 667. The molecule has 128 valence electrons. The fourth-order valence-electron chi connectivity index (χ4n) is 1.81. The van der Waals surface area contributed by atoms with Gasteiger partial charge in [-0.1, -0.05) is 0 Å². The van der Waals surface area contributed by atoms with Gasteiger partial charge in [0.1, 0.15) is 5.76 Å². The van der Waals surface area contributed by atoms with Gasteiger partial charge in [0.2, 0.25) is 0 Å². The van der Waals surface area contributed by atoms with E-state index in [4.69, 9.17) is 9.15 Å². The number of carbonyl (C=O) groups is 3. The first-order valence-corrected chi connectivity index (χ1v) is 8.30. The standard InChI is InChI=1S/C16H18N2O5S/c1-11(15(20)18-9-13-3-2-7-22-13)23-14(19)4-6-17-16(21)12-5-8-24-10-12/h2-3,5,7-8,10-11H,4,6,9H2,1H3,(H,17,21)(H,18,20). The van der Waals surface area contributed by atoms with Crippen LogP contribution in [0.4, 0.5) is 0 Å². The largest absolute Gasteiger partial charge is 0.467 e. The molecule has 2 rings (SSSR count). The van der Waals surface area contributed by atoms with Crippen LogP contribution in [-0.4, -0.2) is 30.4 Å². The summed E-state index contributed by atoms with van der Waals surface area (Å²) in [6.07, 6.45) is 0.584. The summed E-state index contributed by atoms with van der Waals surface area (Å²) >= 11 is 1.42. The van der Waals surface area contributed by atoms with Gasteiger partial charge in [0.05, 0.1) is 19.2 Å². The molecule has 24 heavy (non-hydrogen) atoms. The van der Waals surface area contributed by atoms with Gasteiger partial charge in [0.25, 0.3) is 11.8 Å². The second kappa shape index (κ2) is 8.88. The van der Waals surface area contributed by atoms with Crippen LogP contribution in [0.15, 0.2) is 39.6 Å². The molecule has 2 heterocycles. The number of thiophene rings is 1. The summed E-state index contributed by atoms with van der Waals surface area (Å²) in [5.41, 5.74) is 0.555. The molecule has 0 saturated heterocycles. The Morgan fingerprint density at radius 3 is 2.79 bits per heavy atom. The number of hydrogen-bond donors (Lipinski definition) is 2. The topological polar surface area (TPSA) is 97.6 Å². The predicted molar refractivity (Wildman–Crippen MR) is 87.4 cm³/mol. The normalized spacial score (nSPS) is 11.5. The number of hydrogen-bond acceptors (Lipinski definition) is 6. The van der Waals surface area contributed by atoms with Gasteiger partial charge in [0, 0.05) is 17.5 Å². The van der Waals surface area contributed by atoms with Crippen molar-refractivity contribution in [3.63, 3.8) is 0 Å². The molecule has 1 atom stereocenters. The third-order valence-corrected chi connectivity index (χ3v) is 3.78. The molecule has 0 saturated carbocycles. The van der Waals surface area contributed by atoms with Gasteiger partial charge >= 0.3 is 5.97 Å². The van der Waals surface area contributed by atoms with E-state index in [1.54, 1.807) is 29.0 Å². The van der Waals surface area contributed by atoms with Crippen molar-refractivity contribution >= 4 is 29.1 Å². The SMILES string of the molecule is CC(OC(=O)CCNC(=O)c1ccsc1)C(=O)NCc1ccco1. The van der Waals surface area contributed by atoms with Crippen molar-refractivity contribution in [1.29, 1.82) is 0 Å². The molecule has 0 bridgehead atoms. The first-order valence-electron chi connectivity index (χ1n) is 7.36. The Morgan fingerprint density at radius 2 is 2.12 bits per heavy atom. The number of ether oxygens (including phenoxy) is 1. The number of carbonyl (C=O) groups excluding carboxylic acids is 3. The molecule has 2 aromatic heterocycles. The minimum Gasteiger partial charge on any atom is -0.467 e. The van der Waals surface area contributed by atoms with Crippen LogP contribution < -0.4 is 10.6 Å². The zero-order valence-corrected chi connectivity index (χ0v) is 13.9. The molecule has 0 aromatic carbocycles. The van der Waals surface area contributed by atoms with Crippen LogP contribution in [0, 0.1) is 0 Å². The minimum absolute atomic E-state index is 0.00825. The number of rotatable bonds is 8. The number of esters is 1. The van der Waals surface area contributed by atoms with Gasteiger partial charge in [0.15, 0.2) is 6.10 Å². The highest BCUT2D eigenvalue weighted by atomic mass is 32.1. The highest BCUT2D eigenvalue weighted by Crippen LogP contribution is 2.05. The highest BCUT2D eigenvalue weighted by Gasteiger charge is 2.17. The summed E-state index contributed by atoms with van der Waals surface area (Å²) in [7, 11) is 0. The van der Waals surface area contributed by atoms with Crippen molar-refractivity contribution < 1.29 is 23.5 Å². The minimum atomic E-state index is -0.917. The Kier molecular flexibility index (Phi) is 6.56. The molecule has 0 aliphatic rings. The Morgan fingerprint density at radius 1 is 1.29 bits per heavy atom. The molecule has 2 amide bonds. The second-order valence-corrected chi connectivity index (χ2v) is 5.73. The quantitative estimate of drug-likeness (QED) is 0.706. The highest BCUT2D eigenvalue weighted by molar-refractivity contribution is 7.08. The summed E-state index contributed by atoms with van der Waals surface area (Å²) in [6.45, 7) is 1.86. The van der Waals surface area contributed by atoms with Crippen molar-refractivity contribution in [2.24, 2.45) is 0 Å². The van der Waals surface area contributed by atoms with E-state index < -0.39 is 18.0 Å². The van der Waals surface area contributed by atoms with Gasteiger partial charge in [-0.05, 0) is 30.5 Å². The zero-order valence-electron chi connectivity index (χ0n) is 13.1. The first kappa shape index (κ1) is 17.7. The van der Waals surface area contributed by atoms with Crippen LogP contribution in [0.5, 0.6) is 0 Å². The molecule has 8 heteroatoms. The van der Waals surface area contributed by atoms with E-state index in [2.05, 4.69) is 10.6 Å². The third kappa shape index (κ3) is 5.54. The van der Waals surface area contributed by atoms with Crippen molar-refractivity contribution in [3.8, 4) is 0 Å². The van der Waals surface area contributed by atoms with Crippen LogP contribution in [-0.2, 0) is 20.9 Å². The molecular formula is C16H18N2O5S. The summed E-state index contributed by atoms with van der Waals surface area (Å²) < 4.78 is 10.1. The Labute approximate surface area is 143 Å². The van der Waals surface area contributed by atoms with Crippen molar-refractivity contribution in [1.82, 2.24) is 10.6 Å². The molecule has 1 unspecified atom stereocenters. The lowest BCUT2D eigenvalue weighted by Gasteiger charge is -2.13. The van der Waals surface area contributed by atoms with Crippen molar-refractivity contribution in [2.75, 3.05) is 6.54 Å². The van der Waals surface area contributed by atoms with Crippen LogP contribution in [0.1, 0.15) is 29.5 Å². The fourth-order valence-corrected chi connectivity index (χ4v) is 2.45. The summed E-state index contributed by atoms with van der Waals surface area (Å²) in [4.78, 5) is 35.2. The monoisotopic (exact) mass is 350 g/mol. The third-order valence-electron chi connectivity index (χ3n) is 3.09. The van der Waals surface area contributed by atoms with E-state index >= 15 is 0 Å². The van der Waals surface area contributed by atoms with Gasteiger partial charge in [-0.25, -0.2) is 0 Å². The maximum Gasteiger partial charge on any atom is 0.308 e. The van der Waals surface area contributed by atoms with E-state index in [1.165, 1.54) is 24.5 Å². The molecule has 2 aromatic rings. The average Bonchev–Trinajstić information content (AvgIpc) is 3.25. The molecular weight excluding hydrogens is 332 g/mol. The molecule has 0 aliphatic heterocycles. The van der Waals surface area contributed by atoms with E-state index in [0.29, 0.717) is 11.3 Å². The molecule has 0 fully saturated rings. The Balaban J connectivity index is 1.63. The first-order chi connectivity index (χ1) is 11.6. The van der Waals surface area contributed by atoms with E-state index in [-0.39, 0.29) is 25.4 Å². The van der Waals surface area contributed by atoms with E-state index in [0.717, 1.165) is 0 Å². The van der Waals surface area contributed by atoms with Crippen LogP contribution >= 0.6 is 11.3 Å². The van der Waals surface area contributed by atoms with Crippen LogP contribution in [0.25, 0.3) is 0 Å². The zero-order chi connectivity index (χ0) is 17.4. The van der Waals surface area contributed by atoms with Crippen molar-refractivity contribution in [2.45, 2.75) is 26.0 Å². The lowest BCUT2D eigenvalue weighted by Crippen LogP contribution is -2.36. The lowest BCUT2D eigenvalue weighted by atomic mass is 10.3. The molecule has 0 spiro atoms. The second-order valence-electron chi connectivity index (χ2n) is 4.95. The number of furan rings is 1. The van der Waals surface area contributed by atoms with Gasteiger partial charge < -0.3 is 19.8 Å². The fraction of sp³-hybridized carbons (Fsp3) is 0.312. The van der Waals surface area contributed by atoms with E-state index in [9.17, 15) is 14.4 Å². The van der Waals surface area contributed by atoms with Crippen LogP contribution in [0.2, 0.25) is 0 Å². The van der Waals surface area contributed by atoms with Crippen molar-refractivity contribution in [3.05, 3.63) is 46.5 Å². The maximum atomic E-state index is 11.8. The van der Waals surface area contributed by atoms with Gasteiger partial charge in [-0.3, -0.25) is 14.4 Å². The maximum absolute atomic E-state index is 11.8.